The molecule has 2 atom stereocenters. The van der Waals surface area contributed by atoms with E-state index in [1.807, 2.05) is 36.7 Å². The summed E-state index contributed by atoms with van der Waals surface area (Å²) < 4.78 is 25.3. The molecule has 0 saturated heterocycles. The van der Waals surface area contributed by atoms with Crippen LogP contribution in [-0.2, 0) is 15.4 Å². The highest BCUT2D eigenvalue weighted by atomic mass is 32.2. The maximum atomic E-state index is 11.6. The van der Waals surface area contributed by atoms with E-state index >= 15 is 0 Å². The molecule has 1 aliphatic heterocycles. The second-order valence-corrected chi connectivity index (χ2v) is 6.80. The van der Waals surface area contributed by atoms with E-state index in [9.17, 15) is 4.79 Å². The minimum atomic E-state index is -3.11. The van der Waals surface area contributed by atoms with Crippen molar-refractivity contribution in [2.45, 2.75) is 40.0 Å². The number of hydrogen-bond donors (Lipinski definition) is 1. The van der Waals surface area contributed by atoms with Gasteiger partial charge in [0, 0.05) is 24.2 Å². The van der Waals surface area contributed by atoms with Crippen LogP contribution in [0.25, 0.3) is 0 Å². The standard InChI is InChI=1S/C10H16O.C6H7N.O3S/c1-9(2)7-4-5-10(9,3)8(11)6-7;1-2-4-6-7-5-3-1;1-4(2)3/h7H,4-6H2,1-3H3;1-7H;. The summed E-state index contributed by atoms with van der Waals surface area (Å²) in [4.78, 5) is 11.6. The molecule has 1 heterocycles. The second kappa shape index (κ2) is 7.54. The van der Waals surface area contributed by atoms with Crippen molar-refractivity contribution in [3.63, 3.8) is 0 Å². The van der Waals surface area contributed by atoms with Crippen molar-refractivity contribution < 1.29 is 17.4 Å². The summed E-state index contributed by atoms with van der Waals surface area (Å²) in [6, 6.07) is 0. The highest BCUT2D eigenvalue weighted by Gasteiger charge is 2.61. The number of allylic oxidation sites excluding steroid dienone is 4. The first kappa shape index (κ1) is 18.4. The molecule has 6 heteroatoms. The van der Waals surface area contributed by atoms with E-state index in [-0.39, 0.29) is 10.8 Å². The van der Waals surface area contributed by atoms with E-state index in [0.29, 0.717) is 11.7 Å². The molecular weight excluding hydrogens is 302 g/mol. The number of carbonyl (C=O) groups excluding carboxylic acids is 1. The van der Waals surface area contributed by atoms with Crippen molar-refractivity contribution >= 4 is 16.4 Å². The SMILES string of the molecule is C1=CC=CNC=C1.CC12CCC(CC1=O)C2(C)C.O=S(=O)=O. The fourth-order valence-corrected chi connectivity index (χ4v) is 3.31. The molecule has 2 fully saturated rings. The number of rotatable bonds is 0. The van der Waals surface area contributed by atoms with Crippen LogP contribution in [-0.4, -0.2) is 18.4 Å². The molecule has 0 aromatic rings. The predicted octanol–water partition coefficient (Wildman–Crippen LogP) is 2.57. The average Bonchev–Trinajstić information content (AvgIpc) is 2.70. The molecule has 0 aromatic heterocycles. The quantitative estimate of drug-likeness (QED) is 0.740. The van der Waals surface area contributed by atoms with Gasteiger partial charge in [-0.25, -0.2) is 0 Å². The van der Waals surface area contributed by atoms with Crippen molar-refractivity contribution in [1.29, 1.82) is 0 Å². The Kier molecular flexibility index (Phi) is 6.29. The Morgan fingerprint density at radius 3 is 1.82 bits per heavy atom. The first-order chi connectivity index (χ1) is 10.2. The van der Waals surface area contributed by atoms with Gasteiger partial charge in [-0.2, -0.15) is 0 Å². The topological polar surface area (TPSA) is 80.3 Å². The molecule has 3 rings (SSSR count). The third-order valence-electron chi connectivity index (χ3n) is 5.20. The van der Waals surface area contributed by atoms with Crippen LogP contribution in [0.15, 0.2) is 36.7 Å². The number of nitrogens with one attached hydrogen (secondary N) is 1. The molecule has 2 bridgehead atoms. The lowest BCUT2D eigenvalue weighted by atomic mass is 9.70. The Morgan fingerprint density at radius 1 is 1.05 bits per heavy atom. The highest BCUT2D eigenvalue weighted by Crippen LogP contribution is 2.63. The molecule has 0 aromatic carbocycles. The van der Waals surface area contributed by atoms with E-state index in [1.165, 1.54) is 6.42 Å². The van der Waals surface area contributed by atoms with Gasteiger partial charge in [0.15, 0.2) is 0 Å². The summed E-state index contributed by atoms with van der Waals surface area (Å²) in [5, 5.41) is 2.92. The Balaban J connectivity index is 0.000000190. The van der Waals surface area contributed by atoms with Gasteiger partial charge in [-0.3, -0.25) is 4.79 Å². The van der Waals surface area contributed by atoms with Crippen LogP contribution in [0, 0.1) is 16.7 Å². The molecule has 2 saturated carbocycles. The largest absolute Gasteiger partial charge is 0.425 e. The van der Waals surface area contributed by atoms with E-state index < -0.39 is 10.6 Å². The van der Waals surface area contributed by atoms with Gasteiger partial charge in [-0.1, -0.05) is 32.9 Å². The van der Waals surface area contributed by atoms with Gasteiger partial charge in [0.05, 0.1) is 0 Å². The van der Waals surface area contributed by atoms with Crippen molar-refractivity contribution in [3.05, 3.63) is 36.7 Å². The van der Waals surface area contributed by atoms with Crippen LogP contribution in [0.3, 0.4) is 0 Å². The zero-order valence-corrected chi connectivity index (χ0v) is 14.0. The van der Waals surface area contributed by atoms with Gasteiger partial charge < -0.3 is 5.32 Å². The van der Waals surface area contributed by atoms with Crippen molar-refractivity contribution in [3.8, 4) is 0 Å². The summed E-state index contributed by atoms with van der Waals surface area (Å²) >= 11 is 0. The van der Waals surface area contributed by atoms with Crippen LogP contribution < -0.4 is 5.32 Å². The third kappa shape index (κ3) is 4.16. The second-order valence-electron chi connectivity index (χ2n) is 6.39. The summed E-state index contributed by atoms with van der Waals surface area (Å²) in [6.45, 7) is 6.67. The molecule has 2 unspecified atom stereocenters. The maximum absolute atomic E-state index is 11.6. The zero-order valence-electron chi connectivity index (χ0n) is 13.2. The van der Waals surface area contributed by atoms with Crippen LogP contribution in [0.4, 0.5) is 0 Å². The monoisotopic (exact) mass is 325 g/mol. The van der Waals surface area contributed by atoms with Crippen molar-refractivity contribution in [1.82, 2.24) is 5.32 Å². The zero-order chi connectivity index (χ0) is 16.8. The fraction of sp³-hybridized carbons (Fsp3) is 0.562. The molecule has 2 aliphatic carbocycles. The van der Waals surface area contributed by atoms with Gasteiger partial charge in [0.25, 0.3) is 0 Å². The van der Waals surface area contributed by atoms with E-state index in [0.717, 1.165) is 12.8 Å². The number of fused-ring (bicyclic) bond motifs is 2. The van der Waals surface area contributed by atoms with Crippen LogP contribution in [0.5, 0.6) is 0 Å². The van der Waals surface area contributed by atoms with E-state index in [1.54, 1.807) is 0 Å². The minimum absolute atomic E-state index is 0.0255. The number of ketones is 1. The molecule has 0 spiro atoms. The Labute approximate surface area is 133 Å². The van der Waals surface area contributed by atoms with Gasteiger partial charge in [0.1, 0.15) is 5.78 Å². The molecule has 0 radical (unpaired) electrons. The Morgan fingerprint density at radius 2 is 1.55 bits per heavy atom. The molecule has 1 N–H and O–H groups in total. The van der Waals surface area contributed by atoms with Gasteiger partial charge >= 0.3 is 10.6 Å². The van der Waals surface area contributed by atoms with Crippen LogP contribution in [0.1, 0.15) is 40.0 Å². The van der Waals surface area contributed by atoms with Crippen LogP contribution >= 0.6 is 0 Å². The number of hydrogen-bond acceptors (Lipinski definition) is 5. The van der Waals surface area contributed by atoms with Crippen molar-refractivity contribution in [2.24, 2.45) is 16.7 Å². The van der Waals surface area contributed by atoms with Gasteiger partial charge in [-0.15, -0.1) is 12.6 Å². The lowest BCUT2D eigenvalue weighted by Gasteiger charge is -2.32. The highest BCUT2D eigenvalue weighted by molar-refractivity contribution is 7.59. The summed E-state index contributed by atoms with van der Waals surface area (Å²) in [7, 11) is -3.11. The van der Waals surface area contributed by atoms with E-state index in [4.69, 9.17) is 12.6 Å². The summed E-state index contributed by atoms with van der Waals surface area (Å²) in [5.41, 5.74) is 0.307. The summed E-state index contributed by atoms with van der Waals surface area (Å²) in [6.07, 6.45) is 14.8. The molecular formula is C16H23NO4S. The lowest BCUT2D eigenvalue weighted by molar-refractivity contribution is -0.128. The minimum Gasteiger partial charge on any atom is -0.368 e. The molecule has 22 heavy (non-hydrogen) atoms. The molecule has 5 nitrogen and oxygen atoms in total. The maximum Gasteiger partial charge on any atom is 0.425 e. The first-order valence-corrected chi connectivity index (χ1v) is 8.26. The predicted molar refractivity (Wildman–Crippen MR) is 84.5 cm³/mol. The van der Waals surface area contributed by atoms with Gasteiger partial charge in [0.2, 0.25) is 0 Å². The lowest BCUT2D eigenvalue weighted by Crippen LogP contribution is -2.32. The fourth-order valence-electron chi connectivity index (χ4n) is 3.31. The summed E-state index contributed by atoms with van der Waals surface area (Å²) in [5.74, 6) is 1.19. The van der Waals surface area contributed by atoms with Gasteiger partial charge in [-0.05, 0) is 36.3 Å². The van der Waals surface area contributed by atoms with Crippen LogP contribution in [0.2, 0.25) is 0 Å². The Bertz CT molecular complexity index is 580. The Hall–Kier alpha value is -1.69. The smallest absolute Gasteiger partial charge is 0.368 e. The molecule has 0 amide bonds. The molecule has 3 aliphatic rings. The third-order valence-corrected chi connectivity index (χ3v) is 5.20. The number of carbonyl (C=O) groups is 1. The first-order valence-electron chi connectivity index (χ1n) is 7.26. The van der Waals surface area contributed by atoms with Crippen molar-refractivity contribution in [2.75, 3.05) is 0 Å². The normalized spacial score (nSPS) is 29.6. The molecule has 122 valence electrons. The number of Topliss-reactive ketones (excluding diaryl/α,β-unsaturated/α-hetero) is 1. The van der Waals surface area contributed by atoms with E-state index in [2.05, 4.69) is 26.1 Å². The average molecular weight is 325 g/mol.